The van der Waals surface area contributed by atoms with Crippen LogP contribution in [0.1, 0.15) is 5.69 Å². The minimum atomic E-state index is 0.504. The molecule has 15 heavy (non-hydrogen) atoms. The van der Waals surface area contributed by atoms with Crippen molar-refractivity contribution in [1.29, 1.82) is 0 Å². The molecule has 2 rings (SSSR count). The van der Waals surface area contributed by atoms with Crippen molar-refractivity contribution in [3.05, 3.63) is 18.0 Å². The van der Waals surface area contributed by atoms with Gasteiger partial charge in [-0.25, -0.2) is 9.48 Å². The van der Waals surface area contributed by atoms with Gasteiger partial charge in [-0.15, -0.1) is 0 Å². The molecule has 1 aromatic rings. The van der Waals surface area contributed by atoms with Gasteiger partial charge in [0.2, 0.25) is 5.82 Å². The van der Waals surface area contributed by atoms with E-state index in [-0.39, 0.29) is 0 Å². The van der Waals surface area contributed by atoms with Crippen molar-refractivity contribution in [3.8, 4) is 0 Å². The predicted octanol–water partition coefficient (Wildman–Crippen LogP) is -0.273. The van der Waals surface area contributed by atoms with Gasteiger partial charge in [0.1, 0.15) is 0 Å². The van der Waals surface area contributed by atoms with Gasteiger partial charge in [-0.3, -0.25) is 0 Å². The quantitative estimate of drug-likeness (QED) is 0.677. The highest BCUT2D eigenvalue weighted by molar-refractivity contribution is 5.75. The number of nitrogens with one attached hydrogen (secondary N) is 1. The van der Waals surface area contributed by atoms with Gasteiger partial charge in [0.05, 0.1) is 5.69 Å². The van der Waals surface area contributed by atoms with Gasteiger partial charge in [0.15, 0.2) is 5.94 Å². The molecule has 80 valence electrons. The highest BCUT2D eigenvalue weighted by Crippen LogP contribution is 2.08. The molecule has 0 bridgehead atoms. The van der Waals surface area contributed by atoms with Crippen LogP contribution in [-0.4, -0.2) is 46.8 Å². The molecule has 1 aromatic heterocycles. The van der Waals surface area contributed by atoms with E-state index in [4.69, 9.17) is 0 Å². The second-order valence-electron chi connectivity index (χ2n) is 3.56. The van der Waals surface area contributed by atoms with Crippen LogP contribution in [0.3, 0.4) is 0 Å². The molecule has 0 radical (unpaired) electrons. The first kappa shape index (κ1) is 9.96. The van der Waals surface area contributed by atoms with Crippen LogP contribution in [-0.2, 0) is 4.79 Å². The second kappa shape index (κ2) is 4.29. The van der Waals surface area contributed by atoms with E-state index in [0.29, 0.717) is 5.82 Å². The Morgan fingerprint density at radius 1 is 1.53 bits per heavy atom. The van der Waals surface area contributed by atoms with Crippen molar-refractivity contribution in [2.24, 2.45) is 0 Å². The molecule has 1 fully saturated rings. The van der Waals surface area contributed by atoms with E-state index in [1.54, 1.807) is 10.9 Å². The van der Waals surface area contributed by atoms with Gasteiger partial charge in [0, 0.05) is 32.4 Å². The first-order chi connectivity index (χ1) is 7.31. The summed E-state index contributed by atoms with van der Waals surface area (Å²) in [5, 5.41) is 7.45. The number of aryl methyl sites for hydroxylation is 1. The number of rotatable bonds is 2. The summed E-state index contributed by atoms with van der Waals surface area (Å²) in [6.07, 6.45) is 1.79. The fourth-order valence-corrected chi connectivity index (χ4v) is 1.67. The highest BCUT2D eigenvalue weighted by Gasteiger charge is 2.15. The number of hydrogen-bond acceptors (Lipinski definition) is 4. The molecule has 1 N–H and O–H groups in total. The lowest BCUT2D eigenvalue weighted by molar-refractivity contribution is 0.325. The second-order valence-corrected chi connectivity index (χ2v) is 3.56. The third-order valence-corrected chi connectivity index (χ3v) is 2.45. The lowest BCUT2D eigenvalue weighted by Gasteiger charge is -2.28. The zero-order chi connectivity index (χ0) is 10.7. The summed E-state index contributed by atoms with van der Waals surface area (Å²) in [5.74, 6) is 2.47. The average Bonchev–Trinajstić information content (AvgIpc) is 2.68. The van der Waals surface area contributed by atoms with Crippen molar-refractivity contribution in [2.75, 3.05) is 26.2 Å². The highest BCUT2D eigenvalue weighted by atomic mass is 16.1. The number of hydrogen-bond donors (Lipinski definition) is 1. The Labute approximate surface area is 88.4 Å². The Kier molecular flexibility index (Phi) is 2.85. The fourth-order valence-electron chi connectivity index (χ4n) is 1.67. The van der Waals surface area contributed by atoms with Crippen molar-refractivity contribution in [3.63, 3.8) is 0 Å². The molecular formula is C10H14N4O. The van der Waals surface area contributed by atoms with Crippen molar-refractivity contribution in [2.45, 2.75) is 6.92 Å². The SMILES string of the molecule is Cc1ccn(C(=C=O)N2CCNCC2)n1. The van der Waals surface area contributed by atoms with E-state index < -0.39 is 0 Å². The molecule has 0 atom stereocenters. The topological polar surface area (TPSA) is 50.2 Å². The van der Waals surface area contributed by atoms with E-state index >= 15 is 0 Å². The van der Waals surface area contributed by atoms with Crippen LogP contribution in [0, 0.1) is 6.92 Å². The molecule has 0 amide bonds. The molecule has 0 saturated carbocycles. The normalized spacial score (nSPS) is 16.2. The van der Waals surface area contributed by atoms with Gasteiger partial charge in [-0.05, 0) is 13.0 Å². The first-order valence-electron chi connectivity index (χ1n) is 5.04. The molecule has 0 spiro atoms. The van der Waals surface area contributed by atoms with Crippen LogP contribution in [0.25, 0.3) is 5.82 Å². The molecule has 5 nitrogen and oxygen atoms in total. The lowest BCUT2D eigenvalue weighted by Crippen LogP contribution is -2.43. The molecule has 2 heterocycles. The molecule has 1 saturated heterocycles. The monoisotopic (exact) mass is 206 g/mol. The number of nitrogens with zero attached hydrogens (tertiary/aromatic N) is 3. The van der Waals surface area contributed by atoms with E-state index in [9.17, 15) is 4.79 Å². The Bertz CT molecular complexity index is 386. The molecule has 1 aliphatic heterocycles. The van der Waals surface area contributed by atoms with Gasteiger partial charge in [0.25, 0.3) is 0 Å². The number of carbonyl (C=O) groups excluding carboxylic acids is 1. The largest absolute Gasteiger partial charge is 0.345 e. The predicted molar refractivity (Wildman–Crippen MR) is 56.8 cm³/mol. The number of aromatic nitrogens is 2. The van der Waals surface area contributed by atoms with Crippen LogP contribution in [0.4, 0.5) is 0 Å². The molecule has 5 heteroatoms. The van der Waals surface area contributed by atoms with Crippen LogP contribution < -0.4 is 5.32 Å². The summed E-state index contributed by atoms with van der Waals surface area (Å²) in [5.41, 5.74) is 0.901. The lowest BCUT2D eigenvalue weighted by atomic mass is 10.4. The molecule has 0 aliphatic carbocycles. The number of piperazine rings is 1. The van der Waals surface area contributed by atoms with Gasteiger partial charge in [-0.2, -0.15) is 5.10 Å². The van der Waals surface area contributed by atoms with Crippen molar-refractivity contribution >= 4 is 11.8 Å². The van der Waals surface area contributed by atoms with Gasteiger partial charge >= 0.3 is 0 Å². The minimum absolute atomic E-state index is 0.504. The molecule has 0 unspecified atom stereocenters. The Balaban J connectivity index is 2.20. The van der Waals surface area contributed by atoms with Gasteiger partial charge < -0.3 is 10.2 Å². The maximum absolute atomic E-state index is 10.9. The van der Waals surface area contributed by atoms with Crippen LogP contribution >= 0.6 is 0 Å². The third-order valence-electron chi connectivity index (χ3n) is 2.45. The Hall–Kier alpha value is -1.58. The maximum Gasteiger partial charge on any atom is 0.216 e. The van der Waals surface area contributed by atoms with Crippen LogP contribution in [0.15, 0.2) is 12.3 Å². The van der Waals surface area contributed by atoms with Crippen LogP contribution in [0.5, 0.6) is 0 Å². The van der Waals surface area contributed by atoms with Crippen LogP contribution in [0.2, 0.25) is 0 Å². The minimum Gasteiger partial charge on any atom is -0.345 e. The maximum atomic E-state index is 10.9. The Morgan fingerprint density at radius 3 is 2.80 bits per heavy atom. The molecule has 0 aromatic carbocycles. The zero-order valence-electron chi connectivity index (χ0n) is 8.73. The van der Waals surface area contributed by atoms with Gasteiger partial charge in [-0.1, -0.05) is 0 Å². The van der Waals surface area contributed by atoms with E-state index in [1.165, 1.54) is 0 Å². The summed E-state index contributed by atoms with van der Waals surface area (Å²) < 4.78 is 1.59. The van der Waals surface area contributed by atoms with Crippen molar-refractivity contribution < 1.29 is 4.79 Å². The zero-order valence-corrected chi connectivity index (χ0v) is 8.73. The van der Waals surface area contributed by atoms with E-state index in [2.05, 4.69) is 10.4 Å². The third kappa shape index (κ3) is 2.09. The summed E-state index contributed by atoms with van der Waals surface area (Å²) in [7, 11) is 0. The summed E-state index contributed by atoms with van der Waals surface area (Å²) in [6, 6.07) is 1.87. The fraction of sp³-hybridized carbons (Fsp3) is 0.500. The summed E-state index contributed by atoms with van der Waals surface area (Å²) in [6.45, 7) is 5.33. The smallest absolute Gasteiger partial charge is 0.216 e. The summed E-state index contributed by atoms with van der Waals surface area (Å²) in [4.78, 5) is 12.9. The Morgan fingerprint density at radius 2 is 2.27 bits per heavy atom. The molecular weight excluding hydrogens is 192 g/mol. The standard InChI is InChI=1S/C10H14N4O/c1-9-2-5-14(12-9)10(8-15)13-6-3-11-4-7-13/h2,5,11H,3-4,6-7H2,1H3. The average molecular weight is 206 g/mol. The van der Waals surface area contributed by atoms with Crippen molar-refractivity contribution in [1.82, 2.24) is 20.0 Å². The summed E-state index contributed by atoms with van der Waals surface area (Å²) >= 11 is 0. The van der Waals surface area contributed by atoms with E-state index in [0.717, 1.165) is 31.9 Å². The van der Waals surface area contributed by atoms with E-state index in [1.807, 2.05) is 23.8 Å². The molecule has 1 aliphatic rings. The first-order valence-corrected chi connectivity index (χ1v) is 5.04.